The Morgan fingerprint density at radius 2 is 2.05 bits per heavy atom. The molecule has 2 amide bonds. The number of nitrogens with one attached hydrogen (secondary N) is 1. The first-order valence-corrected chi connectivity index (χ1v) is 7.38. The zero-order valence-corrected chi connectivity index (χ0v) is 12.3. The third kappa shape index (κ3) is 2.53. The number of rotatable bonds is 6. The van der Waals surface area contributed by atoms with Crippen molar-refractivity contribution in [1.82, 2.24) is 10.2 Å². The average Bonchev–Trinajstić information content (AvgIpc) is 3.26. The van der Waals surface area contributed by atoms with Crippen molar-refractivity contribution in [3.05, 3.63) is 29.8 Å². The minimum atomic E-state index is -0.0597. The second kappa shape index (κ2) is 5.48. The monoisotopic (exact) mass is 288 g/mol. The molecule has 3 atom stereocenters. The van der Waals surface area contributed by atoms with Gasteiger partial charge in [-0.3, -0.25) is 14.5 Å². The molecular weight excluding hydrogens is 268 g/mol. The lowest BCUT2D eigenvalue weighted by Gasteiger charge is -2.25. The molecule has 5 nitrogen and oxygen atoms in total. The number of fused-ring (bicyclic) bond motifs is 1. The Morgan fingerprint density at radius 3 is 2.67 bits per heavy atom. The summed E-state index contributed by atoms with van der Waals surface area (Å²) in [6, 6.07) is 7.67. The van der Waals surface area contributed by atoms with Crippen LogP contribution in [-0.4, -0.2) is 36.9 Å². The number of carbonyl (C=O) groups excluding carboxylic acids is 2. The van der Waals surface area contributed by atoms with Crippen LogP contribution in [0, 0.1) is 11.8 Å². The van der Waals surface area contributed by atoms with Crippen molar-refractivity contribution in [2.75, 3.05) is 20.2 Å². The van der Waals surface area contributed by atoms with Crippen LogP contribution in [0.4, 0.5) is 0 Å². The number of likely N-dealkylation sites (N-methyl/N-ethyl adjacent to an activating group) is 1. The summed E-state index contributed by atoms with van der Waals surface area (Å²) in [5, 5.41) is 3.35. The van der Waals surface area contributed by atoms with E-state index in [0.717, 1.165) is 24.3 Å². The maximum atomic E-state index is 12.1. The molecule has 1 heterocycles. The third-order valence-corrected chi connectivity index (χ3v) is 4.27. The third-order valence-electron chi connectivity index (χ3n) is 4.27. The van der Waals surface area contributed by atoms with E-state index in [1.807, 2.05) is 31.2 Å². The number of imide groups is 1. The maximum Gasteiger partial charge on any atom is 0.233 e. The number of amides is 2. The Bertz CT molecular complexity index is 552. The van der Waals surface area contributed by atoms with Gasteiger partial charge in [-0.05, 0) is 30.7 Å². The van der Waals surface area contributed by atoms with Gasteiger partial charge in [0.15, 0.2) is 0 Å². The summed E-state index contributed by atoms with van der Waals surface area (Å²) in [7, 11) is 1.63. The van der Waals surface area contributed by atoms with Crippen molar-refractivity contribution in [2.45, 2.75) is 19.4 Å². The lowest BCUT2D eigenvalue weighted by Crippen LogP contribution is -2.40. The van der Waals surface area contributed by atoms with Gasteiger partial charge in [0.25, 0.3) is 0 Å². The highest BCUT2D eigenvalue weighted by atomic mass is 16.5. The van der Waals surface area contributed by atoms with Crippen molar-refractivity contribution in [3.63, 3.8) is 0 Å². The molecule has 1 saturated heterocycles. The quantitative estimate of drug-likeness (QED) is 0.803. The molecule has 5 heteroatoms. The van der Waals surface area contributed by atoms with E-state index in [9.17, 15) is 9.59 Å². The molecular formula is C16H20N2O3. The van der Waals surface area contributed by atoms with Gasteiger partial charge in [0.1, 0.15) is 5.75 Å². The number of hydrogen-bond donors (Lipinski definition) is 1. The Morgan fingerprint density at radius 1 is 1.33 bits per heavy atom. The summed E-state index contributed by atoms with van der Waals surface area (Å²) in [5.41, 5.74) is 1.03. The number of ether oxygens (including phenoxy) is 1. The Hall–Kier alpha value is -1.88. The summed E-state index contributed by atoms with van der Waals surface area (Å²) >= 11 is 0. The van der Waals surface area contributed by atoms with Crippen LogP contribution in [0.2, 0.25) is 0 Å². The van der Waals surface area contributed by atoms with E-state index >= 15 is 0 Å². The number of carbonyl (C=O) groups is 2. The summed E-state index contributed by atoms with van der Waals surface area (Å²) in [5.74, 6) is 0.694. The normalized spacial score (nSPS) is 25.0. The van der Waals surface area contributed by atoms with Crippen LogP contribution in [0.1, 0.15) is 24.9 Å². The first kappa shape index (κ1) is 14.1. The molecule has 3 rings (SSSR count). The summed E-state index contributed by atoms with van der Waals surface area (Å²) in [4.78, 5) is 25.6. The zero-order valence-electron chi connectivity index (χ0n) is 12.3. The molecule has 0 spiro atoms. The van der Waals surface area contributed by atoms with Crippen molar-refractivity contribution in [1.29, 1.82) is 0 Å². The van der Waals surface area contributed by atoms with Crippen LogP contribution in [0.15, 0.2) is 24.3 Å². The molecule has 2 fully saturated rings. The summed E-state index contributed by atoms with van der Waals surface area (Å²) in [6.07, 6.45) is 0.749. The van der Waals surface area contributed by atoms with Crippen molar-refractivity contribution in [2.24, 2.45) is 11.8 Å². The molecule has 0 aromatic heterocycles. The van der Waals surface area contributed by atoms with Gasteiger partial charge < -0.3 is 10.1 Å². The molecule has 1 saturated carbocycles. The maximum absolute atomic E-state index is 12.1. The second-order valence-corrected chi connectivity index (χ2v) is 5.62. The molecule has 1 aromatic carbocycles. The SMILES string of the molecule is CCNC(CN1C(=O)C2CC2C1=O)c1cccc(OC)c1. The number of hydrogen-bond acceptors (Lipinski definition) is 4. The fourth-order valence-corrected chi connectivity index (χ4v) is 3.00. The van der Waals surface area contributed by atoms with E-state index in [2.05, 4.69) is 5.32 Å². The smallest absolute Gasteiger partial charge is 0.233 e. The van der Waals surface area contributed by atoms with Crippen LogP contribution < -0.4 is 10.1 Å². The van der Waals surface area contributed by atoms with Gasteiger partial charge in [-0.25, -0.2) is 0 Å². The average molecular weight is 288 g/mol. The van der Waals surface area contributed by atoms with Gasteiger partial charge >= 0.3 is 0 Å². The Kier molecular flexibility index (Phi) is 3.68. The molecule has 21 heavy (non-hydrogen) atoms. The number of piperidine rings is 1. The number of likely N-dealkylation sites (tertiary alicyclic amines) is 1. The van der Waals surface area contributed by atoms with Crippen molar-refractivity contribution >= 4 is 11.8 Å². The molecule has 1 aliphatic carbocycles. The second-order valence-electron chi connectivity index (χ2n) is 5.62. The molecule has 1 N–H and O–H groups in total. The summed E-state index contributed by atoms with van der Waals surface area (Å²) in [6.45, 7) is 3.18. The first-order valence-electron chi connectivity index (χ1n) is 7.38. The van der Waals surface area contributed by atoms with E-state index in [0.29, 0.717) is 6.54 Å². The fraction of sp³-hybridized carbons (Fsp3) is 0.500. The lowest BCUT2D eigenvalue weighted by molar-refractivity contribution is -0.141. The number of benzene rings is 1. The van der Waals surface area contributed by atoms with Gasteiger partial charge in [0, 0.05) is 6.54 Å². The van der Waals surface area contributed by atoms with Gasteiger partial charge in [-0.15, -0.1) is 0 Å². The van der Waals surface area contributed by atoms with Gasteiger partial charge in [0.05, 0.1) is 25.0 Å². The molecule has 0 bridgehead atoms. The van der Waals surface area contributed by atoms with E-state index < -0.39 is 0 Å². The molecule has 0 radical (unpaired) electrons. The van der Waals surface area contributed by atoms with E-state index in [4.69, 9.17) is 4.74 Å². The zero-order chi connectivity index (χ0) is 15.0. The van der Waals surface area contributed by atoms with Crippen molar-refractivity contribution < 1.29 is 14.3 Å². The highest BCUT2D eigenvalue weighted by molar-refractivity contribution is 6.08. The van der Waals surface area contributed by atoms with Gasteiger partial charge in [-0.2, -0.15) is 0 Å². The predicted octanol–water partition coefficient (Wildman–Crippen LogP) is 1.35. The Balaban J connectivity index is 1.78. The summed E-state index contributed by atoms with van der Waals surface area (Å²) < 4.78 is 5.24. The molecule has 112 valence electrons. The number of nitrogens with zero attached hydrogens (tertiary/aromatic N) is 1. The number of methoxy groups -OCH3 is 1. The molecule has 3 unspecified atom stereocenters. The van der Waals surface area contributed by atoms with E-state index in [1.165, 1.54) is 4.90 Å². The van der Waals surface area contributed by atoms with Gasteiger partial charge in [-0.1, -0.05) is 19.1 Å². The highest BCUT2D eigenvalue weighted by Gasteiger charge is 2.58. The van der Waals surface area contributed by atoms with E-state index in [1.54, 1.807) is 7.11 Å². The van der Waals surface area contributed by atoms with Crippen LogP contribution in [0.25, 0.3) is 0 Å². The standard InChI is InChI=1S/C16H20N2O3/c1-3-17-14(10-5-4-6-11(7-10)21-2)9-18-15(19)12-8-13(12)16(18)20/h4-7,12-14,17H,3,8-9H2,1-2H3. The van der Waals surface area contributed by atoms with Crippen LogP contribution in [-0.2, 0) is 9.59 Å². The highest BCUT2D eigenvalue weighted by Crippen LogP contribution is 2.47. The molecule has 2 aliphatic rings. The van der Waals surface area contributed by atoms with Crippen molar-refractivity contribution in [3.8, 4) is 5.75 Å². The predicted molar refractivity (Wildman–Crippen MR) is 77.7 cm³/mol. The van der Waals surface area contributed by atoms with Gasteiger partial charge in [0.2, 0.25) is 11.8 Å². The minimum Gasteiger partial charge on any atom is -0.497 e. The topological polar surface area (TPSA) is 58.6 Å². The van der Waals surface area contributed by atoms with Crippen LogP contribution >= 0.6 is 0 Å². The van der Waals surface area contributed by atoms with Crippen LogP contribution in [0.5, 0.6) is 5.75 Å². The minimum absolute atomic E-state index is 0.00389. The van der Waals surface area contributed by atoms with E-state index in [-0.39, 0.29) is 29.7 Å². The largest absolute Gasteiger partial charge is 0.497 e. The molecule has 1 aromatic rings. The van der Waals surface area contributed by atoms with Crippen LogP contribution in [0.3, 0.4) is 0 Å². The lowest BCUT2D eigenvalue weighted by atomic mass is 10.1. The fourth-order valence-electron chi connectivity index (χ4n) is 3.00. The molecule has 1 aliphatic heterocycles. The first-order chi connectivity index (χ1) is 10.2. The Labute approximate surface area is 124 Å².